The Morgan fingerprint density at radius 3 is 2.25 bits per heavy atom. The molecule has 0 amide bonds. The van der Waals surface area contributed by atoms with Gasteiger partial charge in [-0.1, -0.05) is 31.8 Å². The van der Waals surface area contributed by atoms with E-state index >= 15 is 0 Å². The van der Waals surface area contributed by atoms with Gasteiger partial charge in [-0.2, -0.15) is 0 Å². The first-order valence-electron chi connectivity index (χ1n) is 6.47. The van der Waals surface area contributed by atoms with Gasteiger partial charge in [-0.25, -0.2) is 0 Å². The van der Waals surface area contributed by atoms with E-state index in [1.54, 1.807) is 0 Å². The average Bonchev–Trinajstić information content (AvgIpc) is 2.21. The Labute approximate surface area is 100 Å². The van der Waals surface area contributed by atoms with E-state index in [4.69, 9.17) is 4.74 Å². The van der Waals surface area contributed by atoms with Crippen molar-refractivity contribution in [2.45, 2.75) is 71.3 Å². The lowest BCUT2D eigenvalue weighted by Crippen LogP contribution is -2.10. The van der Waals surface area contributed by atoms with Gasteiger partial charge >= 0.3 is 5.97 Å². The third-order valence-corrected chi connectivity index (χ3v) is 2.41. The maximum atomic E-state index is 11.2. The summed E-state index contributed by atoms with van der Waals surface area (Å²) in [5.74, 6) is -0.0540. The molecule has 16 heavy (non-hydrogen) atoms. The maximum absolute atomic E-state index is 11.2. The molecule has 0 spiro atoms. The van der Waals surface area contributed by atoms with Crippen LogP contribution >= 0.6 is 0 Å². The Balaban J connectivity index is 3.14. The van der Waals surface area contributed by atoms with Crippen LogP contribution in [0.3, 0.4) is 0 Å². The van der Waals surface area contributed by atoms with Gasteiger partial charge in [-0.15, -0.1) is 6.58 Å². The van der Waals surface area contributed by atoms with E-state index in [0.29, 0.717) is 6.42 Å². The summed E-state index contributed by atoms with van der Waals surface area (Å²) in [6.07, 6.45) is 10.8. The smallest absolute Gasteiger partial charge is 0.306 e. The first kappa shape index (κ1) is 15.2. The molecule has 0 aromatic carbocycles. The van der Waals surface area contributed by atoms with Gasteiger partial charge in [-0.05, 0) is 33.1 Å². The molecule has 0 N–H and O–H groups in total. The van der Waals surface area contributed by atoms with Gasteiger partial charge in [0.15, 0.2) is 0 Å². The SMILES string of the molecule is C=CCCCCCCCCC(=O)OC(C)C. The molecule has 0 aliphatic rings. The van der Waals surface area contributed by atoms with Crippen molar-refractivity contribution in [1.82, 2.24) is 0 Å². The zero-order chi connectivity index (χ0) is 12.2. The summed E-state index contributed by atoms with van der Waals surface area (Å²) in [7, 11) is 0. The maximum Gasteiger partial charge on any atom is 0.306 e. The Morgan fingerprint density at radius 2 is 1.69 bits per heavy atom. The van der Waals surface area contributed by atoms with Crippen LogP contribution in [0.25, 0.3) is 0 Å². The van der Waals surface area contributed by atoms with Crippen molar-refractivity contribution in [2.75, 3.05) is 0 Å². The quantitative estimate of drug-likeness (QED) is 0.316. The molecule has 0 saturated heterocycles. The standard InChI is InChI=1S/C14H26O2/c1-4-5-6-7-8-9-10-11-12-14(15)16-13(2)3/h4,13H,1,5-12H2,2-3H3. The van der Waals surface area contributed by atoms with E-state index in [1.807, 2.05) is 19.9 Å². The number of unbranched alkanes of at least 4 members (excludes halogenated alkanes) is 6. The first-order valence-corrected chi connectivity index (χ1v) is 6.47. The molecule has 2 nitrogen and oxygen atoms in total. The lowest BCUT2D eigenvalue weighted by atomic mass is 10.1. The molecule has 2 heteroatoms. The predicted octanol–water partition coefficient (Wildman–Crippen LogP) is 4.24. The lowest BCUT2D eigenvalue weighted by molar-refractivity contribution is -0.147. The third kappa shape index (κ3) is 11.3. The fourth-order valence-electron chi connectivity index (χ4n) is 1.59. The largest absolute Gasteiger partial charge is 0.463 e. The van der Waals surface area contributed by atoms with Gasteiger partial charge in [-0.3, -0.25) is 4.79 Å². The van der Waals surface area contributed by atoms with Crippen molar-refractivity contribution in [3.63, 3.8) is 0 Å². The number of esters is 1. The third-order valence-electron chi connectivity index (χ3n) is 2.41. The van der Waals surface area contributed by atoms with Gasteiger partial charge in [0, 0.05) is 6.42 Å². The summed E-state index contributed by atoms with van der Waals surface area (Å²) in [6, 6.07) is 0. The highest BCUT2D eigenvalue weighted by Gasteiger charge is 2.04. The van der Waals surface area contributed by atoms with Gasteiger partial charge < -0.3 is 4.74 Å². The molecule has 0 bridgehead atoms. The van der Waals surface area contributed by atoms with Crippen LogP contribution in [0.2, 0.25) is 0 Å². The Morgan fingerprint density at radius 1 is 1.12 bits per heavy atom. The van der Waals surface area contributed by atoms with Crippen LogP contribution in [0, 0.1) is 0 Å². The number of carbonyl (C=O) groups is 1. The van der Waals surface area contributed by atoms with E-state index in [-0.39, 0.29) is 12.1 Å². The van der Waals surface area contributed by atoms with E-state index in [2.05, 4.69) is 6.58 Å². The minimum atomic E-state index is -0.0540. The van der Waals surface area contributed by atoms with Crippen molar-refractivity contribution >= 4 is 5.97 Å². The number of allylic oxidation sites excluding steroid dienone is 1. The number of ether oxygens (including phenoxy) is 1. The molecule has 0 aliphatic carbocycles. The highest BCUT2D eigenvalue weighted by Crippen LogP contribution is 2.09. The number of hydrogen-bond acceptors (Lipinski definition) is 2. The number of rotatable bonds is 10. The molecule has 0 radical (unpaired) electrons. The minimum Gasteiger partial charge on any atom is -0.463 e. The summed E-state index contributed by atoms with van der Waals surface area (Å²) in [5.41, 5.74) is 0. The fraction of sp³-hybridized carbons (Fsp3) is 0.786. The zero-order valence-corrected chi connectivity index (χ0v) is 10.8. The van der Waals surface area contributed by atoms with Crippen LogP contribution in [0.4, 0.5) is 0 Å². The first-order chi connectivity index (χ1) is 7.66. The number of carbonyl (C=O) groups excluding carboxylic acids is 1. The topological polar surface area (TPSA) is 26.3 Å². The van der Waals surface area contributed by atoms with Crippen LogP contribution in [-0.4, -0.2) is 12.1 Å². The van der Waals surface area contributed by atoms with Gasteiger partial charge in [0.05, 0.1) is 6.10 Å². The van der Waals surface area contributed by atoms with E-state index in [9.17, 15) is 4.79 Å². The fourth-order valence-corrected chi connectivity index (χ4v) is 1.59. The van der Waals surface area contributed by atoms with E-state index < -0.39 is 0 Å². The van der Waals surface area contributed by atoms with Crippen LogP contribution in [0.5, 0.6) is 0 Å². The van der Waals surface area contributed by atoms with Crippen LogP contribution < -0.4 is 0 Å². The zero-order valence-electron chi connectivity index (χ0n) is 10.8. The Bertz CT molecular complexity index is 185. The normalized spacial score (nSPS) is 10.4. The lowest BCUT2D eigenvalue weighted by Gasteiger charge is -2.07. The summed E-state index contributed by atoms with van der Waals surface area (Å²) in [5, 5.41) is 0. The molecule has 0 atom stereocenters. The second-order valence-corrected chi connectivity index (χ2v) is 4.49. The molecule has 0 aromatic heterocycles. The Kier molecular flexibility index (Phi) is 10.2. The second-order valence-electron chi connectivity index (χ2n) is 4.49. The van der Waals surface area contributed by atoms with Gasteiger partial charge in [0.1, 0.15) is 0 Å². The Hall–Kier alpha value is -0.790. The molecule has 0 rings (SSSR count). The van der Waals surface area contributed by atoms with Crippen LogP contribution in [0.15, 0.2) is 12.7 Å². The summed E-state index contributed by atoms with van der Waals surface area (Å²) >= 11 is 0. The molecule has 0 fully saturated rings. The molecular weight excluding hydrogens is 200 g/mol. The van der Waals surface area contributed by atoms with Gasteiger partial charge in [0.25, 0.3) is 0 Å². The summed E-state index contributed by atoms with van der Waals surface area (Å²) < 4.78 is 5.06. The second kappa shape index (κ2) is 10.7. The van der Waals surface area contributed by atoms with Crippen LogP contribution in [0.1, 0.15) is 65.2 Å². The molecule has 0 aromatic rings. The highest BCUT2D eigenvalue weighted by molar-refractivity contribution is 5.69. The van der Waals surface area contributed by atoms with Crippen molar-refractivity contribution in [3.05, 3.63) is 12.7 Å². The van der Waals surface area contributed by atoms with E-state index in [0.717, 1.165) is 19.3 Å². The molecule has 94 valence electrons. The molecule has 0 aliphatic heterocycles. The molecule has 0 unspecified atom stereocenters. The summed E-state index contributed by atoms with van der Waals surface area (Å²) in [6.45, 7) is 7.47. The molecule has 0 heterocycles. The van der Waals surface area contributed by atoms with Crippen molar-refractivity contribution < 1.29 is 9.53 Å². The molecular formula is C14H26O2. The van der Waals surface area contributed by atoms with E-state index in [1.165, 1.54) is 25.7 Å². The van der Waals surface area contributed by atoms with Crippen LogP contribution in [-0.2, 0) is 9.53 Å². The molecule has 0 saturated carbocycles. The monoisotopic (exact) mass is 226 g/mol. The minimum absolute atomic E-state index is 0.0198. The summed E-state index contributed by atoms with van der Waals surface area (Å²) in [4.78, 5) is 11.2. The highest BCUT2D eigenvalue weighted by atomic mass is 16.5. The average molecular weight is 226 g/mol. The van der Waals surface area contributed by atoms with Crippen molar-refractivity contribution in [1.29, 1.82) is 0 Å². The number of hydrogen-bond donors (Lipinski definition) is 0. The predicted molar refractivity (Wildman–Crippen MR) is 68.4 cm³/mol. The van der Waals surface area contributed by atoms with Crippen molar-refractivity contribution in [3.8, 4) is 0 Å². The van der Waals surface area contributed by atoms with Gasteiger partial charge in [0.2, 0.25) is 0 Å². The van der Waals surface area contributed by atoms with Crippen molar-refractivity contribution in [2.24, 2.45) is 0 Å².